The van der Waals surface area contributed by atoms with Crippen molar-refractivity contribution in [3.63, 3.8) is 0 Å². The molecule has 2 atom stereocenters. The second kappa shape index (κ2) is 8.42. The number of carbonyl (C=O) groups is 2. The first-order chi connectivity index (χ1) is 11.5. The van der Waals surface area contributed by atoms with Gasteiger partial charge >= 0.3 is 6.03 Å². The third-order valence-electron chi connectivity index (χ3n) is 3.80. The highest BCUT2D eigenvalue weighted by molar-refractivity contribution is 5.86. The van der Waals surface area contributed by atoms with E-state index in [1.807, 2.05) is 32.0 Å². The summed E-state index contributed by atoms with van der Waals surface area (Å²) in [4.78, 5) is 23.8. The van der Waals surface area contributed by atoms with Crippen LogP contribution in [0.4, 0.5) is 4.79 Å². The molecule has 1 aromatic carbocycles. The van der Waals surface area contributed by atoms with Gasteiger partial charge in [-0.25, -0.2) is 4.79 Å². The van der Waals surface area contributed by atoms with Gasteiger partial charge in [0.05, 0.1) is 0 Å². The monoisotopic (exact) mass is 335 g/mol. The molecule has 0 saturated heterocycles. The molecule has 1 aliphatic rings. The molecule has 2 rings (SSSR count). The second-order valence-corrected chi connectivity index (χ2v) is 5.84. The normalized spacial score (nSPS) is 15.1. The van der Waals surface area contributed by atoms with Crippen molar-refractivity contribution < 1.29 is 19.1 Å². The molecule has 3 N–H and O–H groups in total. The van der Waals surface area contributed by atoms with Gasteiger partial charge in [0.25, 0.3) is 0 Å². The fourth-order valence-corrected chi connectivity index (χ4v) is 2.16. The predicted octanol–water partition coefficient (Wildman–Crippen LogP) is 1.56. The van der Waals surface area contributed by atoms with Crippen LogP contribution in [0.1, 0.15) is 32.8 Å². The standard InChI is InChI=1S/C17H25N3O4/c1-4-11(2)19-16(21)12(3)20-17(22)18-10-13-5-6-14-15(9-13)24-8-7-23-14/h5-6,9,11-12H,4,7-8,10H2,1-3H3,(H,19,21)(H2,18,20,22)/t11-,12+/m1/s1. The van der Waals surface area contributed by atoms with Gasteiger partial charge in [-0.15, -0.1) is 0 Å². The molecular formula is C17H25N3O4. The lowest BCUT2D eigenvalue weighted by Crippen LogP contribution is -2.49. The summed E-state index contributed by atoms with van der Waals surface area (Å²) in [5.41, 5.74) is 0.895. The van der Waals surface area contributed by atoms with Crippen molar-refractivity contribution in [2.45, 2.75) is 45.8 Å². The minimum atomic E-state index is -0.598. The van der Waals surface area contributed by atoms with E-state index in [1.165, 1.54) is 0 Å². The molecule has 132 valence electrons. The number of carbonyl (C=O) groups excluding carboxylic acids is 2. The molecular weight excluding hydrogens is 310 g/mol. The van der Waals surface area contributed by atoms with Gasteiger partial charge < -0.3 is 25.4 Å². The summed E-state index contributed by atoms with van der Waals surface area (Å²) in [6, 6.07) is 4.63. The van der Waals surface area contributed by atoms with Gasteiger partial charge in [0.2, 0.25) is 5.91 Å². The van der Waals surface area contributed by atoms with Crippen molar-refractivity contribution in [1.29, 1.82) is 0 Å². The molecule has 0 aromatic heterocycles. The Morgan fingerprint density at radius 3 is 2.54 bits per heavy atom. The fraction of sp³-hybridized carbons (Fsp3) is 0.529. The van der Waals surface area contributed by atoms with Crippen LogP contribution in [-0.2, 0) is 11.3 Å². The van der Waals surface area contributed by atoms with E-state index in [-0.39, 0.29) is 11.9 Å². The Labute approximate surface area is 142 Å². The lowest BCUT2D eigenvalue weighted by Gasteiger charge is -2.19. The maximum atomic E-state index is 11.9. The first-order valence-corrected chi connectivity index (χ1v) is 8.23. The van der Waals surface area contributed by atoms with Crippen LogP contribution in [-0.4, -0.2) is 37.2 Å². The summed E-state index contributed by atoms with van der Waals surface area (Å²) in [5, 5.41) is 8.19. The zero-order chi connectivity index (χ0) is 17.5. The minimum Gasteiger partial charge on any atom is -0.486 e. The number of rotatable bonds is 6. The number of hydrogen-bond acceptors (Lipinski definition) is 4. The smallest absolute Gasteiger partial charge is 0.315 e. The number of urea groups is 1. The molecule has 0 saturated carbocycles. The van der Waals surface area contributed by atoms with E-state index in [4.69, 9.17) is 9.47 Å². The van der Waals surface area contributed by atoms with Gasteiger partial charge in [0.15, 0.2) is 11.5 Å². The summed E-state index contributed by atoms with van der Waals surface area (Å²) in [7, 11) is 0. The Morgan fingerprint density at radius 2 is 1.83 bits per heavy atom. The topological polar surface area (TPSA) is 88.7 Å². The van der Waals surface area contributed by atoms with Crippen molar-refractivity contribution in [1.82, 2.24) is 16.0 Å². The molecule has 24 heavy (non-hydrogen) atoms. The van der Waals surface area contributed by atoms with Gasteiger partial charge in [-0.05, 0) is 38.0 Å². The predicted molar refractivity (Wildman–Crippen MR) is 90.2 cm³/mol. The van der Waals surface area contributed by atoms with Crippen LogP contribution in [0.15, 0.2) is 18.2 Å². The van der Waals surface area contributed by atoms with E-state index < -0.39 is 12.1 Å². The zero-order valence-corrected chi connectivity index (χ0v) is 14.3. The number of amides is 3. The Hall–Kier alpha value is -2.44. The van der Waals surface area contributed by atoms with E-state index in [9.17, 15) is 9.59 Å². The molecule has 0 unspecified atom stereocenters. The summed E-state index contributed by atoms with van der Waals surface area (Å²) < 4.78 is 11.0. The molecule has 1 heterocycles. The van der Waals surface area contributed by atoms with Gasteiger partial charge in [-0.1, -0.05) is 13.0 Å². The number of benzene rings is 1. The number of fused-ring (bicyclic) bond motifs is 1. The van der Waals surface area contributed by atoms with Gasteiger partial charge in [-0.2, -0.15) is 0 Å². The van der Waals surface area contributed by atoms with Crippen molar-refractivity contribution >= 4 is 11.9 Å². The molecule has 1 aromatic rings. The zero-order valence-electron chi connectivity index (χ0n) is 14.3. The summed E-state index contributed by atoms with van der Waals surface area (Å²) in [5.74, 6) is 1.20. The largest absolute Gasteiger partial charge is 0.486 e. The van der Waals surface area contributed by atoms with E-state index in [0.29, 0.717) is 31.3 Å². The number of ether oxygens (including phenoxy) is 2. The maximum absolute atomic E-state index is 11.9. The molecule has 0 aliphatic carbocycles. The van der Waals surface area contributed by atoms with Gasteiger partial charge in [0.1, 0.15) is 19.3 Å². The van der Waals surface area contributed by atoms with Crippen molar-refractivity contribution in [2.24, 2.45) is 0 Å². The highest BCUT2D eigenvalue weighted by Crippen LogP contribution is 2.30. The van der Waals surface area contributed by atoms with Gasteiger partial charge in [-0.3, -0.25) is 4.79 Å². The van der Waals surface area contributed by atoms with Crippen LogP contribution < -0.4 is 25.4 Å². The van der Waals surface area contributed by atoms with E-state index in [2.05, 4.69) is 16.0 Å². The van der Waals surface area contributed by atoms with Crippen LogP contribution in [0.25, 0.3) is 0 Å². The van der Waals surface area contributed by atoms with Crippen LogP contribution in [0.5, 0.6) is 11.5 Å². The minimum absolute atomic E-state index is 0.0857. The highest BCUT2D eigenvalue weighted by atomic mass is 16.6. The molecule has 7 nitrogen and oxygen atoms in total. The Morgan fingerprint density at radius 1 is 1.12 bits per heavy atom. The average Bonchev–Trinajstić information content (AvgIpc) is 2.59. The SMILES string of the molecule is CC[C@@H](C)NC(=O)[C@H](C)NC(=O)NCc1ccc2c(c1)OCCO2. The van der Waals surface area contributed by atoms with E-state index in [0.717, 1.165) is 12.0 Å². The van der Waals surface area contributed by atoms with E-state index in [1.54, 1.807) is 6.92 Å². The van der Waals surface area contributed by atoms with Crippen molar-refractivity contribution in [3.05, 3.63) is 23.8 Å². The Kier molecular flexibility index (Phi) is 6.28. The fourth-order valence-electron chi connectivity index (χ4n) is 2.16. The first kappa shape index (κ1) is 17.9. The molecule has 1 aliphatic heterocycles. The number of nitrogens with one attached hydrogen (secondary N) is 3. The Balaban J connectivity index is 1.79. The molecule has 3 amide bonds. The third kappa shape index (κ3) is 5.04. The first-order valence-electron chi connectivity index (χ1n) is 8.23. The number of hydrogen-bond donors (Lipinski definition) is 3. The van der Waals surface area contributed by atoms with Crippen LogP contribution in [0, 0.1) is 0 Å². The van der Waals surface area contributed by atoms with Gasteiger partial charge in [0, 0.05) is 12.6 Å². The molecule has 0 spiro atoms. The highest BCUT2D eigenvalue weighted by Gasteiger charge is 2.17. The molecule has 0 fully saturated rings. The third-order valence-corrected chi connectivity index (χ3v) is 3.80. The summed E-state index contributed by atoms with van der Waals surface area (Å²) in [6.07, 6.45) is 0.842. The van der Waals surface area contributed by atoms with Crippen LogP contribution >= 0.6 is 0 Å². The van der Waals surface area contributed by atoms with Crippen LogP contribution in [0.2, 0.25) is 0 Å². The lowest BCUT2D eigenvalue weighted by atomic mass is 10.2. The van der Waals surface area contributed by atoms with Crippen molar-refractivity contribution in [3.8, 4) is 11.5 Å². The molecule has 0 bridgehead atoms. The summed E-state index contributed by atoms with van der Waals surface area (Å²) in [6.45, 7) is 6.97. The Bertz CT molecular complexity index is 591. The molecule has 7 heteroatoms. The average molecular weight is 335 g/mol. The van der Waals surface area contributed by atoms with Crippen LogP contribution in [0.3, 0.4) is 0 Å². The van der Waals surface area contributed by atoms with Crippen molar-refractivity contribution in [2.75, 3.05) is 13.2 Å². The summed E-state index contributed by atoms with van der Waals surface area (Å²) >= 11 is 0. The quantitative estimate of drug-likeness (QED) is 0.736. The maximum Gasteiger partial charge on any atom is 0.315 e. The molecule has 0 radical (unpaired) electrons. The van der Waals surface area contributed by atoms with E-state index >= 15 is 0 Å². The lowest BCUT2D eigenvalue weighted by molar-refractivity contribution is -0.123. The second-order valence-electron chi connectivity index (χ2n) is 5.84.